The van der Waals surface area contributed by atoms with Gasteiger partial charge in [0.25, 0.3) is 0 Å². The lowest BCUT2D eigenvalue weighted by molar-refractivity contribution is 0.0471. The number of anilines is 1. The fraction of sp³-hybridized carbons (Fsp3) is 0.143. The van der Waals surface area contributed by atoms with Crippen molar-refractivity contribution in [2.24, 2.45) is 0 Å². The largest absolute Gasteiger partial charge is 0.457 e. The SMILES string of the molecule is Cc1cc(N)ccc1C(=O)OCc1cccnc1. The number of esters is 1. The van der Waals surface area contributed by atoms with Gasteiger partial charge in [-0.3, -0.25) is 4.98 Å². The molecule has 4 heteroatoms. The van der Waals surface area contributed by atoms with E-state index in [0.29, 0.717) is 11.3 Å². The highest BCUT2D eigenvalue weighted by atomic mass is 16.5. The number of rotatable bonds is 3. The second kappa shape index (κ2) is 5.31. The lowest BCUT2D eigenvalue weighted by Gasteiger charge is -2.07. The summed E-state index contributed by atoms with van der Waals surface area (Å²) in [6.07, 6.45) is 3.35. The van der Waals surface area contributed by atoms with Crippen molar-refractivity contribution in [3.05, 3.63) is 59.4 Å². The van der Waals surface area contributed by atoms with Crippen molar-refractivity contribution >= 4 is 11.7 Å². The molecular weight excluding hydrogens is 228 g/mol. The van der Waals surface area contributed by atoms with E-state index in [1.165, 1.54) is 0 Å². The summed E-state index contributed by atoms with van der Waals surface area (Å²) < 4.78 is 5.22. The average molecular weight is 242 g/mol. The van der Waals surface area contributed by atoms with Crippen LogP contribution in [-0.4, -0.2) is 11.0 Å². The number of hydrogen-bond donors (Lipinski definition) is 1. The Kier molecular flexibility index (Phi) is 3.57. The number of nitrogens with two attached hydrogens (primary N) is 1. The molecule has 0 fully saturated rings. The fourth-order valence-electron chi connectivity index (χ4n) is 1.63. The van der Waals surface area contributed by atoms with E-state index in [2.05, 4.69) is 4.98 Å². The first-order chi connectivity index (χ1) is 8.66. The Labute approximate surface area is 105 Å². The molecule has 0 radical (unpaired) electrons. The van der Waals surface area contributed by atoms with Gasteiger partial charge in [0.05, 0.1) is 5.56 Å². The van der Waals surface area contributed by atoms with Gasteiger partial charge in [0.1, 0.15) is 6.61 Å². The van der Waals surface area contributed by atoms with Crippen molar-refractivity contribution in [1.29, 1.82) is 0 Å². The van der Waals surface area contributed by atoms with E-state index in [0.717, 1.165) is 11.1 Å². The van der Waals surface area contributed by atoms with Gasteiger partial charge < -0.3 is 10.5 Å². The molecule has 0 bridgehead atoms. The van der Waals surface area contributed by atoms with Crippen LogP contribution >= 0.6 is 0 Å². The standard InChI is InChI=1S/C14H14N2O2/c1-10-7-12(15)4-5-13(10)14(17)18-9-11-3-2-6-16-8-11/h2-8H,9,15H2,1H3. The molecule has 92 valence electrons. The van der Waals surface area contributed by atoms with Crippen LogP contribution in [0, 0.1) is 6.92 Å². The molecular formula is C14H14N2O2. The van der Waals surface area contributed by atoms with E-state index in [9.17, 15) is 4.79 Å². The quantitative estimate of drug-likeness (QED) is 0.662. The molecule has 18 heavy (non-hydrogen) atoms. The third-order valence-corrected chi connectivity index (χ3v) is 2.56. The summed E-state index contributed by atoms with van der Waals surface area (Å²) in [5.41, 5.74) is 8.47. The predicted molar refractivity (Wildman–Crippen MR) is 68.9 cm³/mol. The number of carbonyl (C=O) groups excluding carboxylic acids is 1. The van der Waals surface area contributed by atoms with Crippen LogP contribution in [0.3, 0.4) is 0 Å². The Morgan fingerprint density at radius 2 is 2.22 bits per heavy atom. The van der Waals surface area contributed by atoms with E-state index in [1.807, 2.05) is 13.0 Å². The van der Waals surface area contributed by atoms with Gasteiger partial charge in [-0.1, -0.05) is 6.07 Å². The van der Waals surface area contributed by atoms with Crippen LogP contribution in [0.4, 0.5) is 5.69 Å². The molecule has 2 N–H and O–H groups in total. The van der Waals surface area contributed by atoms with Gasteiger partial charge in [0.15, 0.2) is 0 Å². The molecule has 0 aliphatic carbocycles. The van der Waals surface area contributed by atoms with Gasteiger partial charge in [0, 0.05) is 23.6 Å². The number of carbonyl (C=O) groups is 1. The monoisotopic (exact) mass is 242 g/mol. The summed E-state index contributed by atoms with van der Waals surface area (Å²) in [5.74, 6) is -0.351. The van der Waals surface area contributed by atoms with Crippen molar-refractivity contribution < 1.29 is 9.53 Å². The van der Waals surface area contributed by atoms with E-state index < -0.39 is 0 Å². The summed E-state index contributed by atoms with van der Waals surface area (Å²) in [7, 11) is 0. The Balaban J connectivity index is 2.04. The summed E-state index contributed by atoms with van der Waals surface area (Å²) in [5, 5.41) is 0. The molecule has 0 aliphatic heterocycles. The lowest BCUT2D eigenvalue weighted by atomic mass is 10.1. The highest BCUT2D eigenvalue weighted by molar-refractivity contribution is 5.91. The van der Waals surface area contributed by atoms with Crippen molar-refractivity contribution in [1.82, 2.24) is 4.98 Å². The molecule has 4 nitrogen and oxygen atoms in total. The summed E-state index contributed by atoms with van der Waals surface area (Å²) in [6, 6.07) is 8.78. The smallest absolute Gasteiger partial charge is 0.338 e. The first-order valence-corrected chi connectivity index (χ1v) is 5.59. The second-order valence-electron chi connectivity index (χ2n) is 4.01. The van der Waals surface area contributed by atoms with Gasteiger partial charge >= 0.3 is 5.97 Å². The van der Waals surface area contributed by atoms with Crippen LogP contribution in [0.2, 0.25) is 0 Å². The predicted octanol–water partition coefficient (Wildman–Crippen LogP) is 2.33. The summed E-state index contributed by atoms with van der Waals surface area (Å²) in [6.45, 7) is 2.05. The molecule has 0 saturated heterocycles. The van der Waals surface area contributed by atoms with Crippen molar-refractivity contribution in [3.8, 4) is 0 Å². The maximum atomic E-state index is 11.9. The number of nitrogen functional groups attached to an aromatic ring is 1. The molecule has 1 aromatic carbocycles. The van der Waals surface area contributed by atoms with Crippen LogP contribution in [0.15, 0.2) is 42.7 Å². The average Bonchev–Trinajstić information content (AvgIpc) is 2.37. The van der Waals surface area contributed by atoms with E-state index in [1.54, 1.807) is 36.7 Å². The zero-order chi connectivity index (χ0) is 13.0. The topological polar surface area (TPSA) is 65.2 Å². The van der Waals surface area contributed by atoms with Gasteiger partial charge in [0.2, 0.25) is 0 Å². The maximum Gasteiger partial charge on any atom is 0.338 e. The van der Waals surface area contributed by atoms with Crippen LogP contribution in [-0.2, 0) is 11.3 Å². The third kappa shape index (κ3) is 2.85. The molecule has 0 saturated carbocycles. The normalized spacial score (nSPS) is 10.1. The van der Waals surface area contributed by atoms with Crippen molar-refractivity contribution in [2.75, 3.05) is 5.73 Å². The van der Waals surface area contributed by atoms with Crippen molar-refractivity contribution in [3.63, 3.8) is 0 Å². The minimum Gasteiger partial charge on any atom is -0.457 e. The number of nitrogens with zero attached hydrogens (tertiary/aromatic N) is 1. The molecule has 1 aromatic heterocycles. The molecule has 0 aliphatic rings. The summed E-state index contributed by atoms with van der Waals surface area (Å²) >= 11 is 0. The first-order valence-electron chi connectivity index (χ1n) is 5.59. The number of hydrogen-bond acceptors (Lipinski definition) is 4. The molecule has 0 atom stereocenters. The summed E-state index contributed by atoms with van der Waals surface area (Å²) in [4.78, 5) is 15.8. The van der Waals surface area contributed by atoms with Crippen LogP contribution < -0.4 is 5.73 Å². The Bertz CT molecular complexity index is 553. The number of aryl methyl sites for hydroxylation is 1. The molecule has 2 rings (SSSR count). The molecule has 1 heterocycles. The van der Waals surface area contributed by atoms with Gasteiger partial charge in [-0.2, -0.15) is 0 Å². The van der Waals surface area contributed by atoms with Crippen LogP contribution in [0.5, 0.6) is 0 Å². The van der Waals surface area contributed by atoms with E-state index in [-0.39, 0.29) is 12.6 Å². The Hall–Kier alpha value is -2.36. The molecule has 0 spiro atoms. The van der Waals surface area contributed by atoms with Gasteiger partial charge in [-0.15, -0.1) is 0 Å². The van der Waals surface area contributed by atoms with Crippen LogP contribution in [0.1, 0.15) is 21.5 Å². The zero-order valence-corrected chi connectivity index (χ0v) is 10.1. The molecule has 2 aromatic rings. The van der Waals surface area contributed by atoms with Gasteiger partial charge in [-0.05, 0) is 36.8 Å². The highest BCUT2D eigenvalue weighted by Crippen LogP contribution is 2.14. The van der Waals surface area contributed by atoms with E-state index in [4.69, 9.17) is 10.5 Å². The first kappa shape index (κ1) is 12.1. The van der Waals surface area contributed by atoms with Gasteiger partial charge in [-0.25, -0.2) is 4.79 Å². The van der Waals surface area contributed by atoms with E-state index >= 15 is 0 Å². The molecule has 0 amide bonds. The molecule has 0 unspecified atom stereocenters. The minimum atomic E-state index is -0.351. The second-order valence-corrected chi connectivity index (χ2v) is 4.01. The fourth-order valence-corrected chi connectivity index (χ4v) is 1.63. The number of benzene rings is 1. The Morgan fingerprint density at radius 3 is 2.89 bits per heavy atom. The Morgan fingerprint density at radius 1 is 1.39 bits per heavy atom. The highest BCUT2D eigenvalue weighted by Gasteiger charge is 2.10. The number of pyridine rings is 1. The zero-order valence-electron chi connectivity index (χ0n) is 10.1. The maximum absolute atomic E-state index is 11.9. The van der Waals surface area contributed by atoms with Crippen LogP contribution in [0.25, 0.3) is 0 Å². The number of aromatic nitrogens is 1. The number of ether oxygens (including phenoxy) is 1. The minimum absolute atomic E-state index is 0.219. The third-order valence-electron chi connectivity index (χ3n) is 2.56. The van der Waals surface area contributed by atoms with Crippen molar-refractivity contribution in [2.45, 2.75) is 13.5 Å². The lowest BCUT2D eigenvalue weighted by Crippen LogP contribution is -2.07.